The molecule has 6 rings (SSSR count). The summed E-state index contributed by atoms with van der Waals surface area (Å²) in [6, 6.07) is 16.3. The highest BCUT2D eigenvalue weighted by Gasteiger charge is 2.22. The minimum Gasteiger partial charge on any atom is -0.494 e. The number of H-pyrrole nitrogens is 1. The molecule has 1 aliphatic rings. The monoisotopic (exact) mass is 579 g/mol. The second-order valence-corrected chi connectivity index (χ2v) is 10.7. The van der Waals surface area contributed by atoms with Gasteiger partial charge in [-0.15, -0.1) is 0 Å². The lowest BCUT2D eigenvalue weighted by Crippen LogP contribution is -2.48. The Labute approximate surface area is 248 Å². The molecule has 220 valence electrons. The molecule has 0 bridgehead atoms. The molecular weight excluding hydrogens is 546 g/mol. The summed E-state index contributed by atoms with van der Waals surface area (Å²) in [6.07, 6.45) is 5.47. The molecule has 3 aromatic heterocycles. The van der Waals surface area contributed by atoms with E-state index in [1.165, 1.54) is 7.11 Å². The molecule has 1 amide bonds. The van der Waals surface area contributed by atoms with Gasteiger partial charge in [0.1, 0.15) is 5.65 Å². The van der Waals surface area contributed by atoms with Crippen LogP contribution < -0.4 is 4.90 Å². The number of amides is 1. The number of anilines is 1. The molecular formula is C32H33N7O4. The van der Waals surface area contributed by atoms with Crippen molar-refractivity contribution in [3.63, 3.8) is 0 Å². The topological polar surface area (TPSA) is 119 Å². The van der Waals surface area contributed by atoms with Gasteiger partial charge < -0.3 is 29.0 Å². The van der Waals surface area contributed by atoms with Gasteiger partial charge in [-0.3, -0.25) is 9.69 Å². The van der Waals surface area contributed by atoms with Crippen molar-refractivity contribution < 1.29 is 19.4 Å². The zero-order valence-electron chi connectivity index (χ0n) is 24.3. The van der Waals surface area contributed by atoms with Gasteiger partial charge in [0.15, 0.2) is 5.88 Å². The first-order chi connectivity index (χ1) is 20.8. The number of imidazole rings is 1. The summed E-state index contributed by atoms with van der Waals surface area (Å²) in [7, 11) is 5.21. The SMILES string of the molecule is COC(=O)c1ccc2c(C(=Nc3ccc(N(C)C(=O)CN4CCN(C)CC4)cc3)c3ccc4nccn4c3)c(O)[nH]c2c1. The van der Waals surface area contributed by atoms with E-state index < -0.39 is 5.97 Å². The van der Waals surface area contributed by atoms with Crippen LogP contribution in [0.15, 0.2) is 78.2 Å². The Morgan fingerprint density at radius 1 is 1.05 bits per heavy atom. The van der Waals surface area contributed by atoms with Crippen LogP contribution in [0.25, 0.3) is 16.6 Å². The van der Waals surface area contributed by atoms with Gasteiger partial charge in [0.2, 0.25) is 5.91 Å². The van der Waals surface area contributed by atoms with Crippen molar-refractivity contribution in [1.29, 1.82) is 0 Å². The molecule has 0 radical (unpaired) electrons. The Hall–Kier alpha value is -5.00. The third-order valence-electron chi connectivity index (χ3n) is 7.91. The molecule has 1 aliphatic heterocycles. The normalized spacial score (nSPS) is 14.8. The van der Waals surface area contributed by atoms with Crippen molar-refractivity contribution in [1.82, 2.24) is 24.2 Å². The number of likely N-dealkylation sites (N-methyl/N-ethyl adjacent to an activating group) is 2. The first kappa shape index (κ1) is 28.1. The van der Waals surface area contributed by atoms with Crippen molar-refractivity contribution in [3.8, 4) is 5.88 Å². The first-order valence-corrected chi connectivity index (χ1v) is 14.0. The minimum absolute atomic E-state index is 0.0326. The first-order valence-electron chi connectivity index (χ1n) is 14.0. The number of methoxy groups -OCH3 is 1. The fourth-order valence-electron chi connectivity index (χ4n) is 5.32. The lowest BCUT2D eigenvalue weighted by Gasteiger charge is -2.32. The number of hydrogen-bond donors (Lipinski definition) is 2. The summed E-state index contributed by atoms with van der Waals surface area (Å²) in [5.41, 5.74) is 4.90. The molecule has 0 saturated carbocycles. The maximum atomic E-state index is 13.0. The number of esters is 1. The van der Waals surface area contributed by atoms with Crippen LogP contribution in [0, 0.1) is 0 Å². The van der Waals surface area contributed by atoms with Crippen molar-refractivity contribution in [2.24, 2.45) is 4.99 Å². The van der Waals surface area contributed by atoms with E-state index in [-0.39, 0.29) is 11.8 Å². The van der Waals surface area contributed by atoms with Crippen molar-refractivity contribution in [2.75, 3.05) is 58.8 Å². The zero-order valence-corrected chi connectivity index (χ0v) is 24.3. The molecule has 2 aromatic carbocycles. The summed E-state index contributed by atoms with van der Waals surface area (Å²) < 4.78 is 6.74. The van der Waals surface area contributed by atoms with E-state index in [1.54, 1.807) is 36.3 Å². The molecule has 1 fully saturated rings. The van der Waals surface area contributed by atoms with Gasteiger partial charge in [0.25, 0.3) is 0 Å². The number of aromatic hydroxyl groups is 1. The number of rotatable bonds is 7. The number of aliphatic imine (C=N–C) groups is 1. The van der Waals surface area contributed by atoms with Crippen LogP contribution in [0.3, 0.4) is 0 Å². The highest BCUT2D eigenvalue weighted by molar-refractivity contribution is 6.22. The number of aromatic nitrogens is 3. The van der Waals surface area contributed by atoms with Crippen LogP contribution in [0.1, 0.15) is 21.5 Å². The number of benzene rings is 2. The number of hydrogen-bond acceptors (Lipinski definition) is 8. The third-order valence-corrected chi connectivity index (χ3v) is 7.91. The van der Waals surface area contributed by atoms with Crippen molar-refractivity contribution in [3.05, 3.63) is 89.9 Å². The Bertz CT molecular complexity index is 1830. The van der Waals surface area contributed by atoms with E-state index in [0.29, 0.717) is 40.0 Å². The fraction of sp³-hybridized carbons (Fsp3) is 0.250. The van der Waals surface area contributed by atoms with Crippen LogP contribution in [-0.2, 0) is 9.53 Å². The molecule has 0 unspecified atom stereocenters. The van der Waals surface area contributed by atoms with Gasteiger partial charge in [-0.1, -0.05) is 6.07 Å². The number of ether oxygens (including phenoxy) is 1. The molecule has 2 N–H and O–H groups in total. The van der Waals surface area contributed by atoms with Crippen LogP contribution in [0.5, 0.6) is 5.88 Å². The Kier molecular flexibility index (Phi) is 7.66. The highest BCUT2D eigenvalue weighted by atomic mass is 16.5. The van der Waals surface area contributed by atoms with Gasteiger partial charge in [0, 0.05) is 74.0 Å². The molecule has 0 atom stereocenters. The summed E-state index contributed by atoms with van der Waals surface area (Å²) in [5.74, 6) is -0.512. The van der Waals surface area contributed by atoms with Gasteiger partial charge in [-0.2, -0.15) is 0 Å². The number of piperazine rings is 1. The fourth-order valence-corrected chi connectivity index (χ4v) is 5.32. The number of fused-ring (bicyclic) bond motifs is 2. The van der Waals surface area contributed by atoms with Crippen molar-refractivity contribution in [2.45, 2.75) is 0 Å². The smallest absolute Gasteiger partial charge is 0.337 e. The van der Waals surface area contributed by atoms with Gasteiger partial charge in [0.05, 0.1) is 36.2 Å². The third kappa shape index (κ3) is 5.72. The molecule has 1 saturated heterocycles. The predicted molar refractivity (Wildman–Crippen MR) is 166 cm³/mol. The summed E-state index contributed by atoms with van der Waals surface area (Å²) in [5, 5.41) is 11.8. The largest absolute Gasteiger partial charge is 0.494 e. The molecule has 5 aromatic rings. The van der Waals surface area contributed by atoms with Gasteiger partial charge in [-0.05, 0) is 55.6 Å². The second kappa shape index (κ2) is 11.7. The quantitative estimate of drug-likeness (QED) is 0.223. The molecule has 4 heterocycles. The Morgan fingerprint density at radius 3 is 2.53 bits per heavy atom. The minimum atomic E-state index is -0.468. The molecule has 11 nitrogen and oxygen atoms in total. The van der Waals surface area contributed by atoms with Gasteiger partial charge in [-0.25, -0.2) is 14.8 Å². The van der Waals surface area contributed by atoms with E-state index >= 15 is 0 Å². The molecule has 43 heavy (non-hydrogen) atoms. The maximum Gasteiger partial charge on any atom is 0.337 e. The summed E-state index contributed by atoms with van der Waals surface area (Å²) in [6.45, 7) is 4.04. The lowest BCUT2D eigenvalue weighted by molar-refractivity contribution is -0.119. The summed E-state index contributed by atoms with van der Waals surface area (Å²) in [4.78, 5) is 43.5. The number of nitrogens with zero attached hydrogens (tertiary/aromatic N) is 6. The van der Waals surface area contributed by atoms with E-state index in [0.717, 1.165) is 43.1 Å². The zero-order chi connectivity index (χ0) is 30.1. The number of nitrogens with one attached hydrogen (secondary N) is 1. The van der Waals surface area contributed by atoms with E-state index in [9.17, 15) is 14.7 Å². The Balaban J connectivity index is 1.35. The lowest BCUT2D eigenvalue weighted by atomic mass is 10.0. The van der Waals surface area contributed by atoms with Crippen LogP contribution >= 0.6 is 0 Å². The number of carbonyl (C=O) groups is 2. The second-order valence-electron chi connectivity index (χ2n) is 10.7. The van der Waals surface area contributed by atoms with Crippen LogP contribution in [0.4, 0.5) is 11.4 Å². The number of aromatic amines is 1. The maximum absolute atomic E-state index is 13.0. The van der Waals surface area contributed by atoms with Crippen LogP contribution in [0.2, 0.25) is 0 Å². The number of pyridine rings is 1. The highest BCUT2D eigenvalue weighted by Crippen LogP contribution is 2.33. The average molecular weight is 580 g/mol. The van der Waals surface area contributed by atoms with E-state index in [1.807, 2.05) is 53.2 Å². The number of carbonyl (C=O) groups excluding carboxylic acids is 2. The molecule has 0 spiro atoms. The molecule has 0 aliphatic carbocycles. The summed E-state index contributed by atoms with van der Waals surface area (Å²) >= 11 is 0. The average Bonchev–Trinajstić information content (AvgIpc) is 3.63. The van der Waals surface area contributed by atoms with E-state index in [4.69, 9.17) is 9.73 Å². The molecule has 11 heteroatoms. The predicted octanol–water partition coefficient (Wildman–Crippen LogP) is 3.69. The van der Waals surface area contributed by atoms with E-state index in [2.05, 4.69) is 26.8 Å². The van der Waals surface area contributed by atoms with Crippen molar-refractivity contribution >= 4 is 45.5 Å². The van der Waals surface area contributed by atoms with Crippen LogP contribution in [-0.4, -0.2) is 101 Å². The van der Waals surface area contributed by atoms with Gasteiger partial charge >= 0.3 is 5.97 Å². The standard InChI is InChI=1S/C32H33N7O4/c1-36-14-16-38(17-15-36)20-28(40)37(2)24-8-6-23(7-9-24)34-30(22-5-11-27-33-12-13-39(27)19-22)29-25-10-4-21(32(42)43-3)18-26(25)35-31(29)41/h4-13,18-19,35,41H,14-17,20H2,1-3H3. The Morgan fingerprint density at radius 2 is 1.79 bits per heavy atom.